The van der Waals surface area contributed by atoms with Crippen molar-refractivity contribution in [1.82, 2.24) is 14.5 Å². The van der Waals surface area contributed by atoms with E-state index in [2.05, 4.69) is 46.8 Å². The van der Waals surface area contributed by atoms with Crippen LogP contribution in [-0.2, 0) is 11.3 Å². The lowest BCUT2D eigenvalue weighted by atomic mass is 9.99. The Hall–Kier alpha value is -2.20. The van der Waals surface area contributed by atoms with Crippen LogP contribution in [0.2, 0.25) is 0 Å². The van der Waals surface area contributed by atoms with E-state index in [0.29, 0.717) is 5.92 Å². The molecule has 1 fully saturated rings. The molecule has 1 aromatic carbocycles. The van der Waals surface area contributed by atoms with Gasteiger partial charge in [-0.15, -0.1) is 0 Å². The van der Waals surface area contributed by atoms with Gasteiger partial charge in [0, 0.05) is 25.3 Å². The van der Waals surface area contributed by atoms with Gasteiger partial charge in [0.05, 0.1) is 6.54 Å². The van der Waals surface area contributed by atoms with Gasteiger partial charge in [-0.3, -0.25) is 0 Å². The van der Waals surface area contributed by atoms with Crippen molar-refractivity contribution < 1.29 is 4.74 Å². The van der Waals surface area contributed by atoms with Crippen molar-refractivity contribution >= 4 is 11.2 Å². The highest BCUT2D eigenvalue weighted by atomic mass is 16.5. The first-order valence-electron chi connectivity index (χ1n) is 8.26. The number of hydrogen-bond donors (Lipinski definition) is 0. The lowest BCUT2D eigenvalue weighted by Crippen LogP contribution is -2.18. The average Bonchev–Trinajstić information content (AvgIpc) is 2.96. The summed E-state index contributed by atoms with van der Waals surface area (Å²) in [6, 6.07) is 12.7. The first-order valence-corrected chi connectivity index (χ1v) is 8.26. The van der Waals surface area contributed by atoms with Crippen molar-refractivity contribution in [3.8, 4) is 0 Å². The molecule has 0 amide bonds. The summed E-state index contributed by atoms with van der Waals surface area (Å²) in [5.41, 5.74) is 4.54. The average molecular weight is 307 g/mol. The lowest BCUT2D eigenvalue weighted by molar-refractivity contribution is 0.0830. The monoisotopic (exact) mass is 307 g/mol. The fourth-order valence-corrected chi connectivity index (χ4v) is 3.28. The molecule has 0 spiro atoms. The third kappa shape index (κ3) is 2.86. The molecule has 1 aliphatic heterocycles. The zero-order valence-corrected chi connectivity index (χ0v) is 13.4. The molecule has 1 aliphatic rings. The normalized spacial score (nSPS) is 16.0. The number of aryl methyl sites for hydroxylation is 1. The number of aromatic nitrogens is 3. The van der Waals surface area contributed by atoms with Crippen molar-refractivity contribution in [1.29, 1.82) is 0 Å². The molecule has 23 heavy (non-hydrogen) atoms. The highest BCUT2D eigenvalue weighted by Gasteiger charge is 2.23. The van der Waals surface area contributed by atoms with Crippen LogP contribution in [0.1, 0.15) is 35.7 Å². The Kier molecular flexibility index (Phi) is 3.83. The molecule has 0 radical (unpaired) electrons. The summed E-state index contributed by atoms with van der Waals surface area (Å²) < 4.78 is 7.80. The zero-order chi connectivity index (χ0) is 15.6. The second-order valence-corrected chi connectivity index (χ2v) is 6.27. The molecule has 1 saturated heterocycles. The van der Waals surface area contributed by atoms with Crippen molar-refractivity contribution in [3.63, 3.8) is 0 Å². The van der Waals surface area contributed by atoms with Crippen molar-refractivity contribution in [2.24, 2.45) is 0 Å². The molecule has 4 heteroatoms. The Labute approximate surface area is 136 Å². The standard InChI is InChI=1S/C19H21N3O/c1-14-4-6-15(7-5-14)13-22-18(16-8-11-23-12-9-16)21-17-3-2-10-20-19(17)22/h2-7,10,16H,8-9,11-13H2,1H3. The molecule has 0 saturated carbocycles. The molecule has 118 valence electrons. The van der Waals surface area contributed by atoms with E-state index in [9.17, 15) is 0 Å². The van der Waals surface area contributed by atoms with Crippen LogP contribution in [0.5, 0.6) is 0 Å². The Morgan fingerprint density at radius 3 is 2.70 bits per heavy atom. The van der Waals surface area contributed by atoms with Crippen LogP contribution in [0.25, 0.3) is 11.2 Å². The van der Waals surface area contributed by atoms with Crippen LogP contribution >= 0.6 is 0 Å². The maximum absolute atomic E-state index is 5.51. The van der Waals surface area contributed by atoms with E-state index in [0.717, 1.165) is 49.6 Å². The van der Waals surface area contributed by atoms with E-state index >= 15 is 0 Å². The number of pyridine rings is 1. The highest BCUT2D eigenvalue weighted by molar-refractivity contribution is 5.71. The molecule has 0 atom stereocenters. The van der Waals surface area contributed by atoms with Crippen LogP contribution in [0.3, 0.4) is 0 Å². The van der Waals surface area contributed by atoms with E-state index in [1.54, 1.807) is 0 Å². The topological polar surface area (TPSA) is 39.9 Å². The summed E-state index contributed by atoms with van der Waals surface area (Å²) in [6.07, 6.45) is 3.93. The number of fused-ring (bicyclic) bond motifs is 1. The van der Waals surface area contributed by atoms with Crippen molar-refractivity contribution in [2.45, 2.75) is 32.2 Å². The van der Waals surface area contributed by atoms with Crippen LogP contribution in [0.4, 0.5) is 0 Å². The van der Waals surface area contributed by atoms with Gasteiger partial charge < -0.3 is 9.30 Å². The lowest BCUT2D eigenvalue weighted by Gasteiger charge is -2.22. The van der Waals surface area contributed by atoms with E-state index < -0.39 is 0 Å². The van der Waals surface area contributed by atoms with Gasteiger partial charge in [0.2, 0.25) is 0 Å². The van der Waals surface area contributed by atoms with E-state index in [4.69, 9.17) is 9.72 Å². The van der Waals surface area contributed by atoms with Crippen LogP contribution < -0.4 is 0 Å². The minimum Gasteiger partial charge on any atom is -0.381 e. The predicted molar refractivity (Wildman–Crippen MR) is 90.6 cm³/mol. The largest absolute Gasteiger partial charge is 0.381 e. The number of rotatable bonds is 3. The summed E-state index contributed by atoms with van der Waals surface area (Å²) >= 11 is 0. The molecule has 3 aromatic rings. The molecular formula is C19H21N3O. The zero-order valence-electron chi connectivity index (χ0n) is 13.4. The Bertz CT molecular complexity index is 801. The first-order chi connectivity index (χ1) is 11.3. The first kappa shape index (κ1) is 14.4. The van der Waals surface area contributed by atoms with Gasteiger partial charge in [-0.1, -0.05) is 29.8 Å². The summed E-state index contributed by atoms with van der Waals surface area (Å²) in [4.78, 5) is 9.47. The van der Waals surface area contributed by atoms with Gasteiger partial charge in [-0.25, -0.2) is 9.97 Å². The third-order valence-electron chi connectivity index (χ3n) is 4.58. The molecule has 0 bridgehead atoms. The van der Waals surface area contributed by atoms with E-state index in [1.807, 2.05) is 12.3 Å². The molecule has 0 N–H and O–H groups in total. The van der Waals surface area contributed by atoms with E-state index in [1.165, 1.54) is 11.1 Å². The van der Waals surface area contributed by atoms with Crippen molar-refractivity contribution in [3.05, 3.63) is 59.5 Å². The Morgan fingerprint density at radius 1 is 1.13 bits per heavy atom. The second kappa shape index (κ2) is 6.13. The molecule has 0 unspecified atom stereocenters. The fourth-order valence-electron chi connectivity index (χ4n) is 3.28. The summed E-state index contributed by atoms with van der Waals surface area (Å²) in [6.45, 7) is 4.59. The Morgan fingerprint density at radius 2 is 1.91 bits per heavy atom. The third-order valence-corrected chi connectivity index (χ3v) is 4.58. The fraction of sp³-hybridized carbons (Fsp3) is 0.368. The van der Waals surface area contributed by atoms with Gasteiger partial charge in [-0.05, 0) is 37.5 Å². The number of benzene rings is 1. The quantitative estimate of drug-likeness (QED) is 0.741. The van der Waals surface area contributed by atoms with Crippen LogP contribution in [-0.4, -0.2) is 27.7 Å². The molecule has 4 rings (SSSR count). The molecule has 2 aromatic heterocycles. The maximum Gasteiger partial charge on any atom is 0.160 e. The Balaban J connectivity index is 1.77. The number of nitrogens with zero attached hydrogens (tertiary/aromatic N) is 3. The molecule has 4 nitrogen and oxygen atoms in total. The smallest absolute Gasteiger partial charge is 0.160 e. The molecule has 0 aliphatic carbocycles. The minimum absolute atomic E-state index is 0.461. The second-order valence-electron chi connectivity index (χ2n) is 6.27. The van der Waals surface area contributed by atoms with Crippen molar-refractivity contribution in [2.75, 3.05) is 13.2 Å². The minimum atomic E-state index is 0.461. The molecular weight excluding hydrogens is 286 g/mol. The van der Waals surface area contributed by atoms with Gasteiger partial charge >= 0.3 is 0 Å². The van der Waals surface area contributed by atoms with Gasteiger partial charge in [0.1, 0.15) is 11.3 Å². The van der Waals surface area contributed by atoms with Crippen LogP contribution in [0, 0.1) is 6.92 Å². The highest BCUT2D eigenvalue weighted by Crippen LogP contribution is 2.29. The van der Waals surface area contributed by atoms with Gasteiger partial charge in [0.25, 0.3) is 0 Å². The number of ether oxygens (including phenoxy) is 1. The van der Waals surface area contributed by atoms with Crippen LogP contribution in [0.15, 0.2) is 42.6 Å². The molecule has 3 heterocycles. The van der Waals surface area contributed by atoms with Gasteiger partial charge in [-0.2, -0.15) is 0 Å². The summed E-state index contributed by atoms with van der Waals surface area (Å²) in [5.74, 6) is 1.62. The summed E-state index contributed by atoms with van der Waals surface area (Å²) in [7, 11) is 0. The number of hydrogen-bond acceptors (Lipinski definition) is 3. The number of imidazole rings is 1. The SMILES string of the molecule is Cc1ccc(Cn2c(C3CCOCC3)nc3cccnc32)cc1. The van der Waals surface area contributed by atoms with Gasteiger partial charge in [0.15, 0.2) is 5.65 Å². The predicted octanol–water partition coefficient (Wildman–Crippen LogP) is 3.68. The summed E-state index contributed by atoms with van der Waals surface area (Å²) in [5, 5.41) is 0. The van der Waals surface area contributed by atoms with E-state index in [-0.39, 0.29) is 0 Å². The maximum atomic E-state index is 5.51.